The lowest BCUT2D eigenvalue weighted by Crippen LogP contribution is -2.59. The van der Waals surface area contributed by atoms with E-state index in [9.17, 15) is 0 Å². The van der Waals surface area contributed by atoms with E-state index >= 15 is 0 Å². The molecule has 80 valence electrons. The molecule has 2 bridgehead atoms. The van der Waals surface area contributed by atoms with Gasteiger partial charge in [-0.2, -0.15) is 0 Å². The molecule has 2 aliphatic carbocycles. The molecule has 14 heavy (non-hydrogen) atoms. The summed E-state index contributed by atoms with van der Waals surface area (Å²) in [7, 11) is 0. The van der Waals surface area contributed by atoms with E-state index in [-0.39, 0.29) is 0 Å². The first-order valence-electron chi connectivity index (χ1n) is 6.23. The van der Waals surface area contributed by atoms with Crippen LogP contribution < -0.4 is 5.32 Å². The van der Waals surface area contributed by atoms with E-state index in [2.05, 4.69) is 12.2 Å². The number of nitrogens with one attached hydrogen (secondary N) is 1. The van der Waals surface area contributed by atoms with Gasteiger partial charge >= 0.3 is 0 Å². The minimum atomic E-state index is 0.342. The van der Waals surface area contributed by atoms with E-state index < -0.39 is 0 Å². The van der Waals surface area contributed by atoms with Crippen LogP contribution in [0.4, 0.5) is 0 Å². The van der Waals surface area contributed by atoms with Crippen molar-refractivity contribution in [2.75, 3.05) is 13.2 Å². The highest BCUT2D eigenvalue weighted by Gasteiger charge is 2.63. The maximum atomic E-state index is 5.99. The van der Waals surface area contributed by atoms with Crippen LogP contribution in [0.25, 0.3) is 0 Å². The van der Waals surface area contributed by atoms with Gasteiger partial charge in [-0.3, -0.25) is 0 Å². The molecular weight excluding hydrogens is 174 g/mol. The third-order valence-corrected chi connectivity index (χ3v) is 4.51. The van der Waals surface area contributed by atoms with E-state index in [1.807, 2.05) is 0 Å². The summed E-state index contributed by atoms with van der Waals surface area (Å²) in [6.45, 7) is 4.48. The van der Waals surface area contributed by atoms with Gasteiger partial charge in [-0.1, -0.05) is 6.92 Å². The Balaban J connectivity index is 1.69. The van der Waals surface area contributed by atoms with Gasteiger partial charge in [0.1, 0.15) is 0 Å². The van der Waals surface area contributed by atoms with Crippen molar-refractivity contribution in [1.82, 2.24) is 5.32 Å². The number of fused-ring (bicyclic) bond motifs is 1. The SMILES string of the molecule is CCCNC1CCCC23CC(CO2)C13. The van der Waals surface area contributed by atoms with Crippen molar-refractivity contribution in [3.05, 3.63) is 0 Å². The molecule has 0 aromatic heterocycles. The molecule has 0 aromatic rings. The third-order valence-electron chi connectivity index (χ3n) is 4.51. The molecule has 2 nitrogen and oxygen atoms in total. The summed E-state index contributed by atoms with van der Waals surface area (Å²) in [5.74, 6) is 1.76. The van der Waals surface area contributed by atoms with Gasteiger partial charge in [0.15, 0.2) is 0 Å². The molecule has 0 amide bonds. The van der Waals surface area contributed by atoms with Crippen molar-refractivity contribution in [3.8, 4) is 0 Å². The summed E-state index contributed by atoms with van der Waals surface area (Å²) < 4.78 is 5.99. The Labute approximate surface area is 86.4 Å². The Morgan fingerprint density at radius 3 is 3.21 bits per heavy atom. The predicted molar refractivity (Wildman–Crippen MR) is 56.2 cm³/mol. The van der Waals surface area contributed by atoms with Crippen LogP contribution in [-0.4, -0.2) is 24.8 Å². The number of ether oxygens (including phenoxy) is 1. The monoisotopic (exact) mass is 195 g/mol. The van der Waals surface area contributed by atoms with E-state index in [1.165, 1.54) is 38.6 Å². The maximum absolute atomic E-state index is 5.99. The van der Waals surface area contributed by atoms with E-state index in [0.29, 0.717) is 5.60 Å². The first-order chi connectivity index (χ1) is 6.86. The summed E-state index contributed by atoms with van der Waals surface area (Å²) >= 11 is 0. The van der Waals surface area contributed by atoms with Crippen molar-refractivity contribution in [1.29, 1.82) is 0 Å². The molecule has 1 spiro atoms. The average Bonchev–Trinajstić information content (AvgIpc) is 2.72. The second-order valence-corrected chi connectivity index (χ2v) is 5.32. The average molecular weight is 195 g/mol. The molecular formula is C12H21NO. The van der Waals surface area contributed by atoms with Crippen molar-refractivity contribution in [2.45, 2.75) is 50.7 Å². The Morgan fingerprint density at radius 2 is 2.43 bits per heavy atom. The van der Waals surface area contributed by atoms with Crippen molar-refractivity contribution < 1.29 is 4.74 Å². The Kier molecular flexibility index (Phi) is 2.10. The highest BCUT2D eigenvalue weighted by atomic mass is 16.5. The van der Waals surface area contributed by atoms with Gasteiger partial charge < -0.3 is 10.1 Å². The van der Waals surface area contributed by atoms with E-state index in [4.69, 9.17) is 4.74 Å². The predicted octanol–water partition coefficient (Wildman–Crippen LogP) is 1.94. The van der Waals surface area contributed by atoms with Crippen LogP contribution in [0.2, 0.25) is 0 Å². The molecule has 2 heterocycles. The summed E-state index contributed by atoms with van der Waals surface area (Å²) in [6.07, 6.45) is 6.69. The van der Waals surface area contributed by atoms with E-state index in [1.54, 1.807) is 0 Å². The lowest BCUT2D eigenvalue weighted by atomic mass is 9.56. The highest BCUT2D eigenvalue weighted by molar-refractivity contribution is 5.14. The molecule has 4 atom stereocenters. The van der Waals surface area contributed by atoms with Crippen molar-refractivity contribution in [3.63, 3.8) is 0 Å². The van der Waals surface area contributed by atoms with Crippen LogP contribution in [-0.2, 0) is 4.74 Å². The van der Waals surface area contributed by atoms with Gasteiger partial charge in [0, 0.05) is 12.0 Å². The number of hydrogen-bond acceptors (Lipinski definition) is 2. The highest BCUT2D eigenvalue weighted by Crippen LogP contribution is 2.60. The Bertz CT molecular complexity index is 226. The largest absolute Gasteiger partial charge is 0.374 e. The standard InChI is InChI=1S/C12H21NO/c1-2-6-13-10-4-3-5-12-7-9(8-14-12)11(10)12/h9-11,13H,2-8H2,1H3. The fourth-order valence-electron chi connectivity index (χ4n) is 3.96. The molecule has 0 radical (unpaired) electrons. The Morgan fingerprint density at radius 1 is 1.50 bits per heavy atom. The Hall–Kier alpha value is -0.0800. The summed E-state index contributed by atoms with van der Waals surface area (Å²) in [5, 5.41) is 3.72. The van der Waals surface area contributed by atoms with Gasteiger partial charge in [0.25, 0.3) is 0 Å². The van der Waals surface area contributed by atoms with Crippen molar-refractivity contribution in [2.24, 2.45) is 11.8 Å². The molecule has 0 aromatic carbocycles. The van der Waals surface area contributed by atoms with Crippen LogP contribution in [0.3, 0.4) is 0 Å². The van der Waals surface area contributed by atoms with E-state index in [0.717, 1.165) is 24.5 Å². The first-order valence-corrected chi connectivity index (χ1v) is 6.23. The zero-order valence-corrected chi connectivity index (χ0v) is 9.09. The van der Waals surface area contributed by atoms with Crippen LogP contribution >= 0.6 is 0 Å². The van der Waals surface area contributed by atoms with Gasteiger partial charge in [-0.25, -0.2) is 0 Å². The fourth-order valence-corrected chi connectivity index (χ4v) is 3.96. The number of rotatable bonds is 3. The molecule has 1 N–H and O–H groups in total. The zero-order valence-electron chi connectivity index (χ0n) is 9.09. The molecule has 4 rings (SSSR count). The molecule has 4 aliphatic rings. The van der Waals surface area contributed by atoms with Crippen molar-refractivity contribution >= 4 is 0 Å². The second-order valence-electron chi connectivity index (χ2n) is 5.32. The second kappa shape index (κ2) is 3.21. The molecule has 4 unspecified atom stereocenters. The molecule has 2 heteroatoms. The van der Waals surface area contributed by atoms with Gasteiger partial charge in [-0.15, -0.1) is 0 Å². The molecule has 2 aliphatic heterocycles. The topological polar surface area (TPSA) is 21.3 Å². The van der Waals surface area contributed by atoms with Gasteiger partial charge in [-0.05, 0) is 44.6 Å². The summed E-state index contributed by atoms with van der Waals surface area (Å²) in [6, 6.07) is 0.768. The van der Waals surface area contributed by atoms with Gasteiger partial charge in [0.05, 0.1) is 12.2 Å². The maximum Gasteiger partial charge on any atom is 0.0732 e. The van der Waals surface area contributed by atoms with Crippen LogP contribution in [0.15, 0.2) is 0 Å². The van der Waals surface area contributed by atoms with Crippen LogP contribution in [0.5, 0.6) is 0 Å². The number of hydrogen-bond donors (Lipinski definition) is 1. The zero-order chi connectivity index (χ0) is 9.60. The minimum absolute atomic E-state index is 0.342. The van der Waals surface area contributed by atoms with Gasteiger partial charge in [0.2, 0.25) is 0 Å². The molecule has 2 saturated heterocycles. The quantitative estimate of drug-likeness (QED) is 0.743. The lowest BCUT2D eigenvalue weighted by Gasteiger charge is -2.52. The normalized spacial score (nSPS) is 49.9. The first kappa shape index (κ1) is 9.17. The molecule has 2 saturated carbocycles. The minimum Gasteiger partial charge on any atom is -0.374 e. The summed E-state index contributed by atoms with van der Waals surface area (Å²) in [4.78, 5) is 0. The smallest absolute Gasteiger partial charge is 0.0732 e. The third kappa shape index (κ3) is 1.10. The van der Waals surface area contributed by atoms with Crippen LogP contribution in [0, 0.1) is 11.8 Å². The fraction of sp³-hybridized carbons (Fsp3) is 1.00. The molecule has 4 fully saturated rings. The lowest BCUT2D eigenvalue weighted by molar-refractivity contribution is -0.0927. The van der Waals surface area contributed by atoms with Crippen LogP contribution in [0.1, 0.15) is 39.0 Å². The summed E-state index contributed by atoms with van der Waals surface area (Å²) in [5.41, 5.74) is 0.342.